The molecule has 2 unspecified atom stereocenters. The first-order chi connectivity index (χ1) is 16.6. The molecule has 182 valence electrons. The lowest BCUT2D eigenvalue weighted by atomic mass is 9.50. The molecule has 7 rings (SSSR count). The maximum absolute atomic E-state index is 12.7. The summed E-state index contributed by atoms with van der Waals surface area (Å²) in [4.78, 5) is 15.7. The number of benzene rings is 1. The molecule has 9 heteroatoms. The molecule has 3 aromatic rings. The standard InChI is InChI=1S/C26H28N4O4S/c1-30-14-22(19-5-6-28-24(19)25(30)31)20-9-18(29-35(2,32)33)3-4-23(20)34-26-10-15-7-16(11-26)21(13-27)17(8-15)12-26/h3-6,9,14-17,21,28-29H,7-8,10-12H2,1-2H3. The van der Waals surface area contributed by atoms with Crippen molar-refractivity contribution in [2.24, 2.45) is 30.7 Å². The monoisotopic (exact) mass is 492 g/mol. The molecule has 2 heterocycles. The molecule has 0 saturated heterocycles. The van der Waals surface area contributed by atoms with Crippen molar-refractivity contribution in [1.29, 1.82) is 5.26 Å². The van der Waals surface area contributed by atoms with E-state index in [0.717, 1.165) is 54.9 Å². The molecular formula is C26H28N4O4S. The Balaban J connectivity index is 1.48. The van der Waals surface area contributed by atoms with Gasteiger partial charge >= 0.3 is 0 Å². The zero-order chi connectivity index (χ0) is 24.5. The van der Waals surface area contributed by atoms with Crippen molar-refractivity contribution in [2.75, 3.05) is 11.0 Å². The molecule has 0 amide bonds. The van der Waals surface area contributed by atoms with Crippen LogP contribution in [-0.4, -0.2) is 29.8 Å². The third kappa shape index (κ3) is 3.71. The molecule has 0 radical (unpaired) electrons. The van der Waals surface area contributed by atoms with Gasteiger partial charge in [0.25, 0.3) is 5.56 Å². The van der Waals surface area contributed by atoms with Gasteiger partial charge in [0.15, 0.2) is 0 Å². The van der Waals surface area contributed by atoms with Crippen LogP contribution in [0.4, 0.5) is 5.69 Å². The number of hydrogen-bond donors (Lipinski definition) is 2. The molecule has 4 aliphatic carbocycles. The van der Waals surface area contributed by atoms with Crippen LogP contribution in [0.1, 0.15) is 32.1 Å². The number of nitrogens with zero attached hydrogens (tertiary/aromatic N) is 2. The topological polar surface area (TPSA) is 117 Å². The minimum atomic E-state index is -3.47. The molecule has 35 heavy (non-hydrogen) atoms. The van der Waals surface area contributed by atoms with Crippen LogP contribution in [-0.2, 0) is 17.1 Å². The summed E-state index contributed by atoms with van der Waals surface area (Å²) >= 11 is 0. The first-order valence-electron chi connectivity index (χ1n) is 12.0. The summed E-state index contributed by atoms with van der Waals surface area (Å²) in [6.07, 6.45) is 9.56. The third-order valence-corrected chi connectivity index (χ3v) is 8.77. The number of anilines is 1. The minimum Gasteiger partial charge on any atom is -0.487 e. The Morgan fingerprint density at radius 1 is 1.17 bits per heavy atom. The van der Waals surface area contributed by atoms with Crippen molar-refractivity contribution >= 4 is 26.6 Å². The predicted molar refractivity (Wildman–Crippen MR) is 133 cm³/mol. The molecule has 4 saturated carbocycles. The van der Waals surface area contributed by atoms with Gasteiger partial charge in [-0.15, -0.1) is 0 Å². The zero-order valence-corrected chi connectivity index (χ0v) is 20.6. The number of nitrogens with one attached hydrogen (secondary N) is 2. The van der Waals surface area contributed by atoms with Crippen LogP contribution >= 0.6 is 0 Å². The van der Waals surface area contributed by atoms with Gasteiger partial charge in [-0.3, -0.25) is 9.52 Å². The van der Waals surface area contributed by atoms with Crippen molar-refractivity contribution in [3.63, 3.8) is 0 Å². The van der Waals surface area contributed by atoms with Gasteiger partial charge in [-0.25, -0.2) is 8.42 Å². The number of aromatic amines is 1. The highest BCUT2D eigenvalue weighted by atomic mass is 32.2. The van der Waals surface area contributed by atoms with Gasteiger partial charge in [0.1, 0.15) is 16.9 Å². The fourth-order valence-corrected chi connectivity index (χ4v) is 7.66. The highest BCUT2D eigenvalue weighted by molar-refractivity contribution is 7.92. The molecule has 0 spiro atoms. The lowest BCUT2D eigenvalue weighted by Crippen LogP contribution is -2.57. The largest absolute Gasteiger partial charge is 0.487 e. The van der Waals surface area contributed by atoms with Gasteiger partial charge in [-0.1, -0.05) is 0 Å². The Hall–Kier alpha value is -3.25. The number of ether oxygens (including phenoxy) is 1. The smallest absolute Gasteiger partial charge is 0.274 e. The molecule has 2 aromatic heterocycles. The summed E-state index contributed by atoms with van der Waals surface area (Å²) < 4.78 is 34.9. The van der Waals surface area contributed by atoms with Crippen molar-refractivity contribution in [3.05, 3.63) is 47.0 Å². The SMILES string of the molecule is Cn1cc(-c2cc(NS(C)(=O)=O)ccc2OC23CC4CC(C2)C(C#N)C(C4)C3)c2cc[nH]c2c1=O. The fourth-order valence-electron chi connectivity index (χ4n) is 7.11. The van der Waals surface area contributed by atoms with Crippen LogP contribution in [0.25, 0.3) is 22.0 Å². The molecule has 4 bridgehead atoms. The Labute approximate surface area is 204 Å². The van der Waals surface area contributed by atoms with Crippen LogP contribution in [0.3, 0.4) is 0 Å². The van der Waals surface area contributed by atoms with E-state index < -0.39 is 10.0 Å². The second kappa shape index (κ2) is 7.62. The van der Waals surface area contributed by atoms with E-state index >= 15 is 0 Å². The van der Waals surface area contributed by atoms with E-state index in [1.54, 1.807) is 31.6 Å². The number of rotatable bonds is 5. The number of pyridine rings is 1. The van der Waals surface area contributed by atoms with E-state index in [1.807, 2.05) is 12.1 Å². The van der Waals surface area contributed by atoms with Crippen LogP contribution < -0.4 is 15.0 Å². The van der Waals surface area contributed by atoms with Crippen LogP contribution in [0.5, 0.6) is 5.75 Å². The molecule has 8 nitrogen and oxygen atoms in total. The van der Waals surface area contributed by atoms with E-state index in [4.69, 9.17) is 4.74 Å². The quantitative estimate of drug-likeness (QED) is 0.558. The molecule has 2 N–H and O–H groups in total. The number of nitriles is 1. The number of H-pyrrole nitrogens is 1. The van der Waals surface area contributed by atoms with Crippen molar-refractivity contribution < 1.29 is 13.2 Å². The Bertz CT molecular complexity index is 1530. The molecule has 0 aliphatic heterocycles. The van der Waals surface area contributed by atoms with Gasteiger partial charge in [-0.05, 0) is 74.1 Å². The lowest BCUT2D eigenvalue weighted by Gasteiger charge is -2.58. The number of sulfonamides is 1. The number of fused-ring (bicyclic) bond motifs is 1. The second-order valence-electron chi connectivity index (χ2n) is 10.7. The highest BCUT2D eigenvalue weighted by Crippen LogP contribution is 2.59. The number of aryl methyl sites for hydroxylation is 1. The highest BCUT2D eigenvalue weighted by Gasteiger charge is 2.57. The molecule has 4 aliphatic rings. The molecular weight excluding hydrogens is 464 g/mol. The normalized spacial score (nSPS) is 29.3. The van der Waals surface area contributed by atoms with E-state index in [0.29, 0.717) is 34.7 Å². The van der Waals surface area contributed by atoms with Crippen LogP contribution in [0, 0.1) is 35.0 Å². The summed E-state index contributed by atoms with van der Waals surface area (Å²) in [7, 11) is -1.77. The minimum absolute atomic E-state index is 0.118. The summed E-state index contributed by atoms with van der Waals surface area (Å²) in [5, 5.41) is 10.5. The Morgan fingerprint density at radius 2 is 1.91 bits per heavy atom. The Kier molecular flexibility index (Phi) is 4.84. The van der Waals surface area contributed by atoms with E-state index in [1.165, 1.54) is 4.57 Å². The van der Waals surface area contributed by atoms with Crippen LogP contribution in [0.15, 0.2) is 41.5 Å². The van der Waals surface area contributed by atoms with E-state index in [9.17, 15) is 18.5 Å². The third-order valence-electron chi connectivity index (χ3n) is 8.16. The average molecular weight is 493 g/mol. The lowest BCUT2D eigenvalue weighted by molar-refractivity contribution is -0.124. The maximum Gasteiger partial charge on any atom is 0.274 e. The van der Waals surface area contributed by atoms with E-state index in [2.05, 4.69) is 15.8 Å². The summed E-state index contributed by atoms with van der Waals surface area (Å²) in [6.45, 7) is 0. The number of hydrogen-bond acceptors (Lipinski definition) is 5. The van der Waals surface area contributed by atoms with Crippen molar-refractivity contribution in [1.82, 2.24) is 9.55 Å². The first-order valence-corrected chi connectivity index (χ1v) is 13.9. The van der Waals surface area contributed by atoms with Crippen molar-refractivity contribution in [2.45, 2.75) is 37.7 Å². The fraction of sp³-hybridized carbons (Fsp3) is 0.462. The maximum atomic E-state index is 12.7. The molecule has 4 fully saturated rings. The Morgan fingerprint density at radius 3 is 2.60 bits per heavy atom. The summed E-state index contributed by atoms with van der Waals surface area (Å²) in [5.74, 6) is 2.11. The summed E-state index contributed by atoms with van der Waals surface area (Å²) in [6, 6.07) is 9.74. The van der Waals surface area contributed by atoms with Gasteiger partial charge in [0.2, 0.25) is 10.0 Å². The summed E-state index contributed by atoms with van der Waals surface area (Å²) in [5.41, 5.74) is 1.99. The first kappa shape index (κ1) is 22.2. The van der Waals surface area contributed by atoms with Gasteiger partial charge in [0.05, 0.1) is 18.2 Å². The van der Waals surface area contributed by atoms with Gasteiger partial charge in [0, 0.05) is 41.6 Å². The molecule has 2 atom stereocenters. The average Bonchev–Trinajstić information content (AvgIpc) is 3.26. The molecule has 1 aromatic carbocycles. The van der Waals surface area contributed by atoms with Crippen LogP contribution in [0.2, 0.25) is 0 Å². The zero-order valence-electron chi connectivity index (χ0n) is 19.7. The van der Waals surface area contributed by atoms with Gasteiger partial charge in [-0.2, -0.15) is 5.26 Å². The second-order valence-corrected chi connectivity index (χ2v) is 12.5. The van der Waals surface area contributed by atoms with E-state index in [-0.39, 0.29) is 17.1 Å². The van der Waals surface area contributed by atoms with Gasteiger partial charge < -0.3 is 14.3 Å². The number of aromatic nitrogens is 2. The van der Waals surface area contributed by atoms with Crippen molar-refractivity contribution in [3.8, 4) is 22.9 Å². The predicted octanol–water partition coefficient (Wildman–Crippen LogP) is 4.00.